The summed E-state index contributed by atoms with van der Waals surface area (Å²) < 4.78 is 5.24. The van der Waals surface area contributed by atoms with Gasteiger partial charge in [0.15, 0.2) is 0 Å². The van der Waals surface area contributed by atoms with Gasteiger partial charge in [-0.15, -0.1) is 0 Å². The maximum atomic E-state index is 12.5. The number of anilines is 1. The molecule has 2 aromatic carbocycles. The minimum Gasteiger partial charge on any atom is -0.462 e. The number of halogens is 2. The van der Waals surface area contributed by atoms with Crippen LogP contribution in [-0.2, 0) is 11.2 Å². The molecule has 0 aliphatic carbocycles. The number of rotatable bonds is 10. The van der Waals surface area contributed by atoms with Crippen LogP contribution in [0.15, 0.2) is 60.9 Å². The number of hydrogen-bond acceptors (Lipinski definition) is 4. The number of unbranched alkanes of at least 4 members (excludes halogenated alkanes) is 1. The SMILES string of the molecule is CCCCN(CCc1c(-c2cc(Cl)cc(Cl)c2)[nH]c2ccc(C(=O)OCC)cc12)c1cccnc1. The van der Waals surface area contributed by atoms with E-state index in [-0.39, 0.29) is 5.97 Å². The third kappa shape index (κ3) is 5.98. The van der Waals surface area contributed by atoms with Crippen LogP contribution in [0.25, 0.3) is 22.2 Å². The van der Waals surface area contributed by atoms with Gasteiger partial charge in [0.25, 0.3) is 0 Å². The number of hydrogen-bond donors (Lipinski definition) is 1. The number of carbonyl (C=O) groups excluding carboxylic acids is 1. The van der Waals surface area contributed by atoms with Crippen molar-refractivity contribution in [3.63, 3.8) is 0 Å². The highest BCUT2D eigenvalue weighted by Crippen LogP contribution is 2.35. The Hall–Kier alpha value is -3.02. The Bertz CT molecular complexity index is 1280. The van der Waals surface area contributed by atoms with Gasteiger partial charge in [0.1, 0.15) is 0 Å². The Labute approximate surface area is 216 Å². The zero-order valence-electron chi connectivity index (χ0n) is 20.0. The number of nitrogens with one attached hydrogen (secondary N) is 1. The molecule has 4 rings (SSSR count). The lowest BCUT2D eigenvalue weighted by atomic mass is 10.0. The average Bonchev–Trinajstić information content (AvgIpc) is 3.22. The first-order valence-corrected chi connectivity index (χ1v) is 12.7. The zero-order valence-corrected chi connectivity index (χ0v) is 21.5. The van der Waals surface area contributed by atoms with Crippen LogP contribution in [0, 0.1) is 0 Å². The second kappa shape index (κ2) is 11.6. The molecule has 4 aromatic rings. The Morgan fingerprint density at radius 2 is 1.86 bits per heavy atom. The third-order valence-electron chi connectivity index (χ3n) is 5.99. The molecule has 0 bridgehead atoms. The van der Waals surface area contributed by atoms with Gasteiger partial charge in [0, 0.05) is 51.5 Å². The minimum atomic E-state index is -0.325. The summed E-state index contributed by atoms with van der Waals surface area (Å²) in [5, 5.41) is 2.14. The fourth-order valence-corrected chi connectivity index (χ4v) is 4.83. The van der Waals surface area contributed by atoms with Crippen molar-refractivity contribution in [1.82, 2.24) is 9.97 Å². The van der Waals surface area contributed by atoms with E-state index in [1.807, 2.05) is 43.5 Å². The molecule has 0 atom stereocenters. The molecule has 35 heavy (non-hydrogen) atoms. The molecule has 0 saturated carbocycles. The quantitative estimate of drug-likeness (QED) is 0.224. The standard InChI is InChI=1S/C28H29Cl2N3O2/c1-3-5-12-33(23-7-6-11-31-18-23)13-10-24-25-16-19(28(34)35-4-2)8-9-26(25)32-27(24)20-14-21(29)17-22(30)15-20/h6-9,11,14-18,32H,3-5,10,12-13H2,1-2H3. The largest absolute Gasteiger partial charge is 0.462 e. The number of nitrogens with zero attached hydrogens (tertiary/aromatic N) is 2. The molecule has 0 amide bonds. The van der Waals surface area contributed by atoms with E-state index in [9.17, 15) is 4.79 Å². The van der Waals surface area contributed by atoms with Gasteiger partial charge in [-0.1, -0.05) is 36.5 Å². The molecule has 0 saturated heterocycles. The minimum absolute atomic E-state index is 0.325. The van der Waals surface area contributed by atoms with Crippen molar-refractivity contribution in [2.45, 2.75) is 33.1 Å². The second-order valence-corrected chi connectivity index (χ2v) is 9.29. The van der Waals surface area contributed by atoms with Crippen molar-refractivity contribution in [1.29, 1.82) is 0 Å². The van der Waals surface area contributed by atoms with Crippen LogP contribution < -0.4 is 4.90 Å². The van der Waals surface area contributed by atoms with E-state index in [2.05, 4.69) is 27.9 Å². The third-order valence-corrected chi connectivity index (χ3v) is 6.43. The van der Waals surface area contributed by atoms with Crippen molar-refractivity contribution in [3.8, 4) is 11.3 Å². The van der Waals surface area contributed by atoms with Gasteiger partial charge in [0.05, 0.1) is 24.1 Å². The molecule has 0 aliphatic heterocycles. The first kappa shape index (κ1) is 25.1. The van der Waals surface area contributed by atoms with Crippen LogP contribution in [0.4, 0.5) is 5.69 Å². The first-order chi connectivity index (χ1) is 17.0. The fraction of sp³-hybridized carbons (Fsp3) is 0.286. The van der Waals surface area contributed by atoms with Gasteiger partial charge in [-0.25, -0.2) is 4.79 Å². The number of benzene rings is 2. The van der Waals surface area contributed by atoms with Crippen molar-refractivity contribution < 1.29 is 9.53 Å². The zero-order chi connectivity index (χ0) is 24.8. The molecule has 7 heteroatoms. The summed E-state index contributed by atoms with van der Waals surface area (Å²) >= 11 is 12.7. The van der Waals surface area contributed by atoms with Crippen molar-refractivity contribution in [2.75, 3.05) is 24.6 Å². The number of pyridine rings is 1. The number of fused-ring (bicyclic) bond motifs is 1. The average molecular weight is 510 g/mol. The van der Waals surface area contributed by atoms with E-state index < -0.39 is 0 Å². The molecule has 0 radical (unpaired) electrons. The van der Waals surface area contributed by atoms with Crippen LogP contribution in [0.5, 0.6) is 0 Å². The molecule has 2 heterocycles. The summed E-state index contributed by atoms with van der Waals surface area (Å²) in [6, 6.07) is 15.2. The van der Waals surface area contributed by atoms with Crippen LogP contribution in [0.3, 0.4) is 0 Å². The van der Waals surface area contributed by atoms with Crippen LogP contribution in [0.1, 0.15) is 42.6 Å². The second-order valence-electron chi connectivity index (χ2n) is 8.42. The van der Waals surface area contributed by atoms with E-state index in [1.165, 1.54) is 0 Å². The molecular weight excluding hydrogens is 481 g/mol. The Kier molecular flexibility index (Phi) is 8.32. The predicted molar refractivity (Wildman–Crippen MR) is 145 cm³/mol. The summed E-state index contributed by atoms with van der Waals surface area (Å²) in [6.45, 7) is 6.07. The highest BCUT2D eigenvalue weighted by atomic mass is 35.5. The number of esters is 1. The van der Waals surface area contributed by atoms with E-state index in [0.717, 1.165) is 65.8 Å². The van der Waals surface area contributed by atoms with Gasteiger partial charge in [0.2, 0.25) is 0 Å². The van der Waals surface area contributed by atoms with Crippen molar-refractivity contribution in [2.24, 2.45) is 0 Å². The lowest BCUT2D eigenvalue weighted by Gasteiger charge is -2.24. The lowest BCUT2D eigenvalue weighted by molar-refractivity contribution is 0.0526. The van der Waals surface area contributed by atoms with Gasteiger partial charge in [-0.2, -0.15) is 0 Å². The van der Waals surface area contributed by atoms with Crippen molar-refractivity contribution >= 4 is 45.8 Å². The van der Waals surface area contributed by atoms with Crippen LogP contribution in [-0.4, -0.2) is 35.6 Å². The lowest BCUT2D eigenvalue weighted by Crippen LogP contribution is -2.27. The molecule has 0 spiro atoms. The van der Waals surface area contributed by atoms with Crippen molar-refractivity contribution in [3.05, 3.63) is 82.1 Å². The summed E-state index contributed by atoms with van der Waals surface area (Å²) in [6.07, 6.45) is 6.65. The molecule has 0 fully saturated rings. The van der Waals surface area contributed by atoms with Gasteiger partial charge >= 0.3 is 5.97 Å². The molecule has 0 unspecified atom stereocenters. The summed E-state index contributed by atoms with van der Waals surface area (Å²) in [7, 11) is 0. The molecule has 2 aromatic heterocycles. The maximum absolute atomic E-state index is 12.5. The monoisotopic (exact) mass is 509 g/mol. The normalized spacial score (nSPS) is 11.1. The molecular formula is C28H29Cl2N3O2. The Morgan fingerprint density at radius 1 is 1.06 bits per heavy atom. The predicted octanol–water partition coefficient (Wildman–Crippen LogP) is 7.56. The topological polar surface area (TPSA) is 58.2 Å². The summed E-state index contributed by atoms with van der Waals surface area (Å²) in [5.41, 5.74) is 5.54. The highest BCUT2D eigenvalue weighted by molar-refractivity contribution is 6.35. The smallest absolute Gasteiger partial charge is 0.338 e. The number of aromatic nitrogens is 2. The van der Waals surface area contributed by atoms with Crippen LogP contribution >= 0.6 is 23.2 Å². The number of ether oxygens (including phenoxy) is 1. The fourth-order valence-electron chi connectivity index (χ4n) is 4.30. The van der Waals surface area contributed by atoms with E-state index in [4.69, 9.17) is 27.9 Å². The maximum Gasteiger partial charge on any atom is 0.338 e. The Morgan fingerprint density at radius 3 is 2.54 bits per heavy atom. The molecule has 0 aliphatic rings. The molecule has 1 N–H and O–H groups in total. The van der Waals surface area contributed by atoms with Gasteiger partial charge in [-0.05, 0) is 73.9 Å². The van der Waals surface area contributed by atoms with Gasteiger partial charge < -0.3 is 14.6 Å². The van der Waals surface area contributed by atoms with Gasteiger partial charge in [-0.3, -0.25) is 4.98 Å². The Balaban J connectivity index is 1.77. The van der Waals surface area contributed by atoms with E-state index in [0.29, 0.717) is 22.2 Å². The molecule has 5 nitrogen and oxygen atoms in total. The summed E-state index contributed by atoms with van der Waals surface area (Å²) in [4.78, 5) is 22.7. The number of aromatic amines is 1. The highest BCUT2D eigenvalue weighted by Gasteiger charge is 2.18. The molecule has 182 valence electrons. The summed E-state index contributed by atoms with van der Waals surface area (Å²) in [5.74, 6) is -0.325. The number of carbonyl (C=O) groups is 1. The first-order valence-electron chi connectivity index (χ1n) is 11.9. The number of H-pyrrole nitrogens is 1. The van der Waals surface area contributed by atoms with E-state index in [1.54, 1.807) is 18.3 Å². The van der Waals surface area contributed by atoms with E-state index >= 15 is 0 Å². The van der Waals surface area contributed by atoms with Crippen LogP contribution in [0.2, 0.25) is 10.0 Å².